The van der Waals surface area contributed by atoms with Gasteiger partial charge in [0.2, 0.25) is 0 Å². The van der Waals surface area contributed by atoms with Crippen molar-refractivity contribution in [2.24, 2.45) is 0 Å². The van der Waals surface area contributed by atoms with Crippen molar-refractivity contribution >= 4 is 22.3 Å². The third-order valence-corrected chi connectivity index (χ3v) is 0. The molecule has 4 heavy (non-hydrogen) atoms. The summed E-state index contributed by atoms with van der Waals surface area (Å²) in [7, 11) is 0. The fraction of sp³-hybridized carbons (Fsp3) is 0. The summed E-state index contributed by atoms with van der Waals surface area (Å²) in [6, 6.07) is 0. The summed E-state index contributed by atoms with van der Waals surface area (Å²) in [6.45, 7) is 0. The summed E-state index contributed by atoms with van der Waals surface area (Å²) in [5.41, 5.74) is 0. The minimum Gasteiger partial charge on any atom is -1.00 e. The van der Waals surface area contributed by atoms with Crippen LogP contribution in [0.3, 0.4) is 0 Å². The number of rotatable bonds is 0. The van der Waals surface area contributed by atoms with Gasteiger partial charge in [0.15, 0.2) is 0 Å². The average Bonchev–Trinajstić information content (AvgIpc) is 0.918. The summed E-state index contributed by atoms with van der Waals surface area (Å²) in [6.07, 6.45) is 0. The van der Waals surface area contributed by atoms with Gasteiger partial charge in [-0.2, -0.15) is 0 Å². The second-order valence-corrected chi connectivity index (χ2v) is 0.671. The molecule has 0 rings (SSSR count). The Morgan fingerprint density at radius 1 is 2.00 bits per heavy atom. The van der Waals surface area contributed by atoms with Crippen LogP contribution in [0, 0.1) is 9.38 Å². The SMILES string of the molecule is N#C[TeH].[H-].[Na+]. The van der Waals surface area contributed by atoms with Gasteiger partial charge in [0, 0.05) is 0 Å². The summed E-state index contributed by atoms with van der Waals surface area (Å²) < 4.78 is 1.80. The maximum atomic E-state index is 7.34. The van der Waals surface area contributed by atoms with E-state index >= 15 is 0 Å². The predicted octanol–water partition coefficient (Wildman–Crippen LogP) is -3.52. The van der Waals surface area contributed by atoms with Gasteiger partial charge < -0.3 is 1.43 Å². The number of hydrogen-bond donors (Lipinski definition) is 0. The van der Waals surface area contributed by atoms with Crippen molar-refractivity contribution < 1.29 is 31.0 Å². The van der Waals surface area contributed by atoms with E-state index in [1.54, 1.807) is 4.12 Å². The third-order valence-electron chi connectivity index (χ3n) is 0. The molecule has 0 fully saturated rings. The molecule has 3 heteroatoms. The Labute approximate surface area is 62.1 Å². The molecule has 0 radical (unpaired) electrons. The minimum atomic E-state index is 0. The molecule has 0 aromatic rings. The maximum absolute atomic E-state index is 7.34. The monoisotopic (exact) mass is 181 g/mol. The van der Waals surface area contributed by atoms with E-state index in [0.717, 1.165) is 22.3 Å². The number of nitriles is 1. The Bertz CT molecular complexity index is 33.1. The number of hydrogen-bond acceptors (Lipinski definition) is 1. The van der Waals surface area contributed by atoms with Crippen LogP contribution >= 0.6 is 0 Å². The molecule has 0 aliphatic heterocycles. The quantitative estimate of drug-likeness (QED) is 0.353. The largest absolute Gasteiger partial charge is 1.00 e. The van der Waals surface area contributed by atoms with Crippen molar-refractivity contribution in [2.45, 2.75) is 0 Å². The number of nitrogens with zero attached hydrogens (tertiary/aromatic N) is 1. The zero-order chi connectivity index (χ0) is 2.71. The van der Waals surface area contributed by atoms with Crippen LogP contribution in [0.25, 0.3) is 0 Å². The van der Waals surface area contributed by atoms with Crippen LogP contribution in [-0.4, -0.2) is 22.3 Å². The first-order chi connectivity index (χ1) is 1.41. The van der Waals surface area contributed by atoms with E-state index < -0.39 is 0 Å². The van der Waals surface area contributed by atoms with Gasteiger partial charge in [-0.3, -0.25) is 0 Å². The van der Waals surface area contributed by atoms with Crippen molar-refractivity contribution in [1.29, 1.82) is 5.26 Å². The Hall–Kier alpha value is 1.28. The summed E-state index contributed by atoms with van der Waals surface area (Å²) in [4.78, 5) is 0. The van der Waals surface area contributed by atoms with Crippen molar-refractivity contribution in [3.8, 4) is 4.12 Å². The van der Waals surface area contributed by atoms with Crippen LogP contribution in [-0.2, 0) is 0 Å². The summed E-state index contributed by atoms with van der Waals surface area (Å²) in [5.74, 6) is 0. The first-order valence-electron chi connectivity index (χ1n) is 0.447. The molecular formula is CH2NNaTe. The van der Waals surface area contributed by atoms with Crippen molar-refractivity contribution in [2.75, 3.05) is 0 Å². The van der Waals surface area contributed by atoms with E-state index in [2.05, 4.69) is 0 Å². The smallest absolute Gasteiger partial charge is 1.00 e. The van der Waals surface area contributed by atoms with Crippen LogP contribution in [0.5, 0.6) is 0 Å². The molecule has 0 saturated carbocycles. The second-order valence-electron chi connectivity index (χ2n) is 0.100. The molecule has 0 spiro atoms. The average molecular weight is 179 g/mol. The van der Waals surface area contributed by atoms with Crippen molar-refractivity contribution in [3.05, 3.63) is 0 Å². The second kappa shape index (κ2) is 8.86. The van der Waals surface area contributed by atoms with Gasteiger partial charge in [-0.15, -0.1) is 0 Å². The van der Waals surface area contributed by atoms with Crippen LogP contribution in [0.15, 0.2) is 0 Å². The van der Waals surface area contributed by atoms with Crippen LogP contribution in [0.1, 0.15) is 1.43 Å². The molecule has 0 aromatic heterocycles. The zero-order valence-corrected chi connectivity index (χ0v) is 6.95. The van der Waals surface area contributed by atoms with Crippen LogP contribution in [0.4, 0.5) is 0 Å². The van der Waals surface area contributed by atoms with Gasteiger partial charge in [0.1, 0.15) is 0 Å². The third kappa shape index (κ3) is 10.4. The van der Waals surface area contributed by atoms with E-state index in [4.69, 9.17) is 5.26 Å². The van der Waals surface area contributed by atoms with E-state index in [9.17, 15) is 0 Å². The molecular weight excluding hydrogens is 177 g/mol. The Morgan fingerprint density at radius 3 is 2.00 bits per heavy atom. The molecule has 0 saturated heterocycles. The van der Waals surface area contributed by atoms with Gasteiger partial charge in [0.25, 0.3) is 0 Å². The standard InChI is InChI=1S/CHNTe.Na.H/c2-1-3;;/h3H;;/q;+1;-1. The molecule has 1 nitrogen and oxygen atoms in total. The first-order valence-corrected chi connectivity index (χ1v) is 1.72. The van der Waals surface area contributed by atoms with Gasteiger partial charge in [-0.1, -0.05) is 0 Å². The summed E-state index contributed by atoms with van der Waals surface area (Å²) >= 11 is 1.16. The van der Waals surface area contributed by atoms with E-state index in [-0.39, 0.29) is 31.0 Å². The first kappa shape index (κ1) is 8.99. The topological polar surface area (TPSA) is 23.8 Å². The van der Waals surface area contributed by atoms with Gasteiger partial charge in [-0.05, 0) is 0 Å². The Kier molecular flexibility index (Phi) is 19.9. The maximum Gasteiger partial charge on any atom is 1.00 e. The fourth-order valence-electron chi connectivity index (χ4n) is 0. The molecule has 0 heterocycles. The van der Waals surface area contributed by atoms with Gasteiger partial charge >= 0.3 is 61.2 Å². The van der Waals surface area contributed by atoms with E-state index in [1.807, 2.05) is 0 Å². The van der Waals surface area contributed by atoms with E-state index in [0.29, 0.717) is 0 Å². The molecule has 0 atom stereocenters. The van der Waals surface area contributed by atoms with E-state index in [1.165, 1.54) is 0 Å². The summed E-state index contributed by atoms with van der Waals surface area (Å²) in [5, 5.41) is 7.34. The normalized spacial score (nSPS) is 2.00. The zero-order valence-electron chi connectivity index (χ0n) is 3.39. The molecule has 0 aromatic carbocycles. The molecule has 0 N–H and O–H groups in total. The van der Waals surface area contributed by atoms with Gasteiger partial charge in [-0.25, -0.2) is 0 Å². The minimum absolute atomic E-state index is 0. The molecule has 0 bridgehead atoms. The Morgan fingerprint density at radius 2 is 2.00 bits per heavy atom. The molecule has 0 amide bonds. The van der Waals surface area contributed by atoms with Gasteiger partial charge in [0.05, 0.1) is 0 Å². The molecule has 0 aliphatic carbocycles. The molecule has 0 unspecified atom stereocenters. The van der Waals surface area contributed by atoms with Crippen molar-refractivity contribution in [3.63, 3.8) is 0 Å². The molecule has 18 valence electrons. The predicted molar refractivity (Wildman–Crippen MR) is 13.9 cm³/mol. The van der Waals surface area contributed by atoms with Crippen LogP contribution < -0.4 is 29.6 Å². The fourth-order valence-corrected chi connectivity index (χ4v) is 0. The molecule has 0 aliphatic rings. The van der Waals surface area contributed by atoms with Crippen LogP contribution in [0.2, 0.25) is 0 Å². The van der Waals surface area contributed by atoms with Crippen molar-refractivity contribution in [1.82, 2.24) is 0 Å². The Balaban J connectivity index is -0.0000000200.